The Balaban J connectivity index is 1.72. The van der Waals surface area contributed by atoms with Gasteiger partial charge in [0.1, 0.15) is 0 Å². The van der Waals surface area contributed by atoms with Crippen LogP contribution in [0.4, 0.5) is 23.7 Å². The van der Waals surface area contributed by atoms with Gasteiger partial charge in [-0.1, -0.05) is 12.1 Å². The van der Waals surface area contributed by atoms with Gasteiger partial charge in [-0.3, -0.25) is 4.68 Å². The highest BCUT2D eigenvalue weighted by Crippen LogP contribution is 2.31. The van der Waals surface area contributed by atoms with E-state index >= 15 is 0 Å². The molecule has 9 heteroatoms. The number of anilines is 1. The minimum absolute atomic E-state index is 0.226. The number of amides is 2. The number of carbonyl (C=O) groups excluding carboxylic acids is 1. The van der Waals surface area contributed by atoms with Gasteiger partial charge in [-0.15, -0.1) is 0 Å². The minimum Gasteiger partial charge on any atom is -0.378 e. The quantitative estimate of drug-likeness (QED) is 0.902. The fourth-order valence-corrected chi connectivity index (χ4v) is 2.57. The second kappa shape index (κ2) is 6.75. The molecule has 0 aliphatic carbocycles. The van der Waals surface area contributed by atoms with E-state index in [1.54, 1.807) is 29.2 Å². The van der Waals surface area contributed by atoms with Crippen molar-refractivity contribution in [1.29, 1.82) is 0 Å². The number of benzene rings is 1. The van der Waals surface area contributed by atoms with Crippen LogP contribution in [0.15, 0.2) is 30.3 Å². The summed E-state index contributed by atoms with van der Waals surface area (Å²) < 4.78 is 44.6. The summed E-state index contributed by atoms with van der Waals surface area (Å²) >= 11 is 0. The van der Waals surface area contributed by atoms with E-state index in [2.05, 4.69) is 10.4 Å². The Bertz CT molecular complexity index is 750. The van der Waals surface area contributed by atoms with E-state index in [1.807, 2.05) is 0 Å². The van der Waals surface area contributed by atoms with E-state index in [0.717, 1.165) is 6.07 Å². The fourth-order valence-electron chi connectivity index (χ4n) is 2.57. The first kappa shape index (κ1) is 17.3. The number of hydrogen-bond acceptors (Lipinski definition) is 3. The van der Waals surface area contributed by atoms with E-state index in [1.165, 1.54) is 11.7 Å². The zero-order valence-corrected chi connectivity index (χ0v) is 13.5. The topological polar surface area (TPSA) is 59.4 Å². The average Bonchev–Trinajstić information content (AvgIpc) is 2.98. The van der Waals surface area contributed by atoms with E-state index in [4.69, 9.17) is 4.74 Å². The van der Waals surface area contributed by atoms with Gasteiger partial charge in [-0.05, 0) is 23.8 Å². The summed E-state index contributed by atoms with van der Waals surface area (Å²) in [6.07, 6.45) is -4.48. The van der Waals surface area contributed by atoms with Gasteiger partial charge in [0.25, 0.3) is 0 Å². The number of aromatic nitrogens is 2. The molecule has 1 N–H and O–H groups in total. The van der Waals surface area contributed by atoms with E-state index in [9.17, 15) is 18.0 Å². The maximum absolute atomic E-state index is 12.7. The first-order chi connectivity index (χ1) is 11.8. The summed E-state index contributed by atoms with van der Waals surface area (Å²) in [4.78, 5) is 13.8. The lowest BCUT2D eigenvalue weighted by atomic mass is 10.1. The molecule has 0 atom stereocenters. The van der Waals surface area contributed by atoms with Crippen LogP contribution < -0.4 is 5.32 Å². The van der Waals surface area contributed by atoms with Gasteiger partial charge in [0.2, 0.25) is 0 Å². The standard InChI is InChI=1S/C16H17F3N4O2/c1-22-13(10-14(21-22)16(17,18)19)11-2-4-12(5-3-11)20-15(24)23-6-8-25-9-7-23/h2-5,10H,6-9H2,1H3,(H,20,24). The van der Waals surface area contributed by atoms with Crippen LogP contribution >= 0.6 is 0 Å². The zero-order valence-electron chi connectivity index (χ0n) is 13.5. The summed E-state index contributed by atoms with van der Waals surface area (Å²) in [7, 11) is 1.46. The van der Waals surface area contributed by atoms with Gasteiger partial charge in [0.15, 0.2) is 5.69 Å². The molecule has 6 nitrogen and oxygen atoms in total. The lowest BCUT2D eigenvalue weighted by molar-refractivity contribution is -0.141. The SMILES string of the molecule is Cn1nc(C(F)(F)F)cc1-c1ccc(NC(=O)N2CCOCC2)cc1. The molecule has 0 radical (unpaired) electrons. The molecule has 1 aromatic heterocycles. The van der Waals surface area contributed by atoms with Gasteiger partial charge >= 0.3 is 12.2 Å². The lowest BCUT2D eigenvalue weighted by Crippen LogP contribution is -2.43. The monoisotopic (exact) mass is 354 g/mol. The fraction of sp³-hybridized carbons (Fsp3) is 0.375. The highest BCUT2D eigenvalue weighted by molar-refractivity contribution is 5.89. The van der Waals surface area contributed by atoms with Crippen LogP contribution in [-0.4, -0.2) is 47.0 Å². The van der Waals surface area contributed by atoms with E-state index in [0.29, 0.717) is 43.2 Å². The van der Waals surface area contributed by atoms with Crippen molar-refractivity contribution in [3.8, 4) is 11.3 Å². The van der Waals surface area contributed by atoms with Crippen molar-refractivity contribution in [3.05, 3.63) is 36.0 Å². The molecule has 0 saturated carbocycles. The largest absolute Gasteiger partial charge is 0.435 e. The smallest absolute Gasteiger partial charge is 0.378 e. The van der Waals surface area contributed by atoms with Crippen molar-refractivity contribution >= 4 is 11.7 Å². The van der Waals surface area contributed by atoms with Crippen LogP contribution in [0.25, 0.3) is 11.3 Å². The molecule has 1 fully saturated rings. The van der Waals surface area contributed by atoms with Crippen molar-refractivity contribution in [1.82, 2.24) is 14.7 Å². The summed E-state index contributed by atoms with van der Waals surface area (Å²) in [6, 6.07) is 7.36. The van der Waals surface area contributed by atoms with Crippen molar-refractivity contribution in [3.63, 3.8) is 0 Å². The molecule has 1 saturated heterocycles. The number of rotatable bonds is 2. The number of aryl methyl sites for hydroxylation is 1. The Labute approximate surface area is 142 Å². The van der Waals surface area contributed by atoms with Gasteiger partial charge in [0, 0.05) is 25.8 Å². The zero-order chi connectivity index (χ0) is 18.0. The van der Waals surface area contributed by atoms with Gasteiger partial charge < -0.3 is 15.0 Å². The van der Waals surface area contributed by atoms with E-state index in [-0.39, 0.29) is 6.03 Å². The number of alkyl halides is 3. The first-order valence-electron chi connectivity index (χ1n) is 7.70. The summed E-state index contributed by atoms with van der Waals surface area (Å²) in [5.74, 6) is 0. The Hall–Kier alpha value is -2.55. The number of nitrogens with one attached hydrogen (secondary N) is 1. The number of ether oxygens (including phenoxy) is 1. The van der Waals surface area contributed by atoms with Gasteiger partial charge in [-0.25, -0.2) is 4.79 Å². The minimum atomic E-state index is -4.48. The molecule has 1 aliphatic rings. The van der Waals surface area contributed by atoms with Crippen LogP contribution in [0, 0.1) is 0 Å². The van der Waals surface area contributed by atoms with Crippen molar-refractivity contribution < 1.29 is 22.7 Å². The van der Waals surface area contributed by atoms with Gasteiger partial charge in [-0.2, -0.15) is 18.3 Å². The Morgan fingerprint density at radius 2 is 1.84 bits per heavy atom. The van der Waals surface area contributed by atoms with Crippen molar-refractivity contribution in [2.75, 3.05) is 31.6 Å². The average molecular weight is 354 g/mol. The van der Waals surface area contributed by atoms with E-state index < -0.39 is 11.9 Å². The second-order valence-electron chi connectivity index (χ2n) is 5.64. The summed E-state index contributed by atoms with van der Waals surface area (Å²) in [5.41, 5.74) is 0.557. The van der Waals surface area contributed by atoms with Crippen LogP contribution in [-0.2, 0) is 18.0 Å². The number of carbonyl (C=O) groups is 1. The molecular formula is C16H17F3N4O2. The molecule has 0 unspecified atom stereocenters. The first-order valence-corrected chi connectivity index (χ1v) is 7.70. The molecule has 0 spiro atoms. The van der Waals surface area contributed by atoms with Crippen LogP contribution in [0.2, 0.25) is 0 Å². The molecule has 1 aromatic carbocycles. The van der Waals surface area contributed by atoms with Crippen molar-refractivity contribution in [2.45, 2.75) is 6.18 Å². The Kier molecular flexibility index (Phi) is 4.67. The van der Waals surface area contributed by atoms with Crippen LogP contribution in [0.3, 0.4) is 0 Å². The van der Waals surface area contributed by atoms with Gasteiger partial charge in [0.05, 0.1) is 18.9 Å². The maximum Gasteiger partial charge on any atom is 0.435 e. The number of nitrogens with zero attached hydrogens (tertiary/aromatic N) is 3. The number of urea groups is 1. The normalized spacial score (nSPS) is 15.3. The number of morpholine rings is 1. The molecule has 1 aliphatic heterocycles. The highest BCUT2D eigenvalue weighted by atomic mass is 19.4. The summed E-state index contributed by atoms with van der Waals surface area (Å²) in [5, 5.41) is 6.26. The third-order valence-electron chi connectivity index (χ3n) is 3.90. The molecule has 0 bridgehead atoms. The lowest BCUT2D eigenvalue weighted by Gasteiger charge is -2.26. The molecular weight excluding hydrogens is 337 g/mol. The molecule has 3 rings (SSSR count). The van der Waals surface area contributed by atoms with Crippen molar-refractivity contribution in [2.24, 2.45) is 7.05 Å². The molecule has 134 valence electrons. The Morgan fingerprint density at radius 3 is 2.40 bits per heavy atom. The molecule has 2 aromatic rings. The number of hydrogen-bond donors (Lipinski definition) is 1. The molecule has 25 heavy (non-hydrogen) atoms. The maximum atomic E-state index is 12.7. The predicted octanol–water partition coefficient (Wildman–Crippen LogP) is 2.97. The highest BCUT2D eigenvalue weighted by Gasteiger charge is 2.34. The second-order valence-corrected chi connectivity index (χ2v) is 5.64. The third kappa shape index (κ3) is 3.93. The summed E-state index contributed by atoms with van der Waals surface area (Å²) in [6.45, 7) is 2.07. The molecule has 2 heterocycles. The number of halogens is 3. The predicted molar refractivity (Wildman–Crippen MR) is 85.1 cm³/mol. The van der Waals surface area contributed by atoms with Crippen LogP contribution in [0.5, 0.6) is 0 Å². The Morgan fingerprint density at radius 1 is 1.20 bits per heavy atom. The third-order valence-corrected chi connectivity index (χ3v) is 3.90. The van der Waals surface area contributed by atoms with Crippen LogP contribution in [0.1, 0.15) is 5.69 Å². The molecule has 2 amide bonds.